The van der Waals surface area contributed by atoms with Crippen molar-refractivity contribution in [2.75, 3.05) is 27.2 Å². The van der Waals surface area contributed by atoms with Crippen molar-refractivity contribution in [1.82, 2.24) is 10.2 Å². The Morgan fingerprint density at radius 3 is 2.95 bits per heavy atom. The molecule has 4 heteroatoms. The molecule has 2 unspecified atom stereocenters. The lowest BCUT2D eigenvalue weighted by atomic mass is 10.1. The van der Waals surface area contributed by atoms with Crippen molar-refractivity contribution >= 4 is 17.7 Å². The Labute approximate surface area is 119 Å². The fourth-order valence-electron chi connectivity index (χ4n) is 2.57. The number of hydrogen-bond acceptors (Lipinski definition) is 3. The van der Waals surface area contributed by atoms with Gasteiger partial charge in [0.1, 0.15) is 0 Å². The van der Waals surface area contributed by atoms with Gasteiger partial charge < -0.3 is 10.2 Å². The smallest absolute Gasteiger partial charge is 0.223 e. The molecule has 0 aromatic heterocycles. The zero-order chi connectivity index (χ0) is 13.8. The first-order chi connectivity index (χ1) is 9.10. The largest absolute Gasteiger partial charge is 0.359 e. The highest BCUT2D eigenvalue weighted by Gasteiger charge is 2.24. The Hall–Kier alpha value is -1.00. The van der Waals surface area contributed by atoms with Crippen LogP contribution >= 0.6 is 11.8 Å². The molecule has 0 saturated heterocycles. The molecule has 3 nitrogen and oxygen atoms in total. The van der Waals surface area contributed by atoms with Gasteiger partial charge in [0.25, 0.3) is 0 Å². The molecule has 2 rings (SSSR count). The maximum absolute atomic E-state index is 11.5. The Morgan fingerprint density at radius 2 is 2.26 bits per heavy atom. The molecule has 1 N–H and O–H groups in total. The summed E-state index contributed by atoms with van der Waals surface area (Å²) in [5.41, 5.74) is 1.46. The Morgan fingerprint density at radius 1 is 1.53 bits per heavy atom. The molecule has 1 heterocycles. The number of carbonyl (C=O) groups is 1. The second kappa shape index (κ2) is 6.44. The molecule has 1 aromatic carbocycles. The summed E-state index contributed by atoms with van der Waals surface area (Å²) < 4.78 is 0. The Balaban J connectivity index is 1.82. The van der Waals surface area contributed by atoms with Crippen LogP contribution in [-0.4, -0.2) is 43.2 Å². The quantitative estimate of drug-likeness (QED) is 0.894. The molecule has 0 fully saturated rings. The second-order valence-electron chi connectivity index (χ2n) is 5.29. The highest BCUT2D eigenvalue weighted by Crippen LogP contribution is 2.36. The minimum atomic E-state index is 0.0452. The predicted molar refractivity (Wildman–Crippen MR) is 80.5 cm³/mol. The fraction of sp³-hybridized carbons (Fsp3) is 0.533. The van der Waals surface area contributed by atoms with Gasteiger partial charge in [-0.05, 0) is 25.1 Å². The summed E-state index contributed by atoms with van der Waals surface area (Å²) in [6.07, 6.45) is 1.14. The zero-order valence-corrected chi connectivity index (χ0v) is 12.7. The third kappa shape index (κ3) is 3.74. The molecule has 1 aromatic rings. The molecule has 1 aliphatic rings. The van der Waals surface area contributed by atoms with Gasteiger partial charge in [-0.15, -0.1) is 11.8 Å². The normalized spacial score (nSPS) is 19.3. The number of nitrogens with one attached hydrogen (secondary N) is 1. The van der Waals surface area contributed by atoms with Crippen LogP contribution in [0.5, 0.6) is 0 Å². The number of fused-ring (bicyclic) bond motifs is 1. The van der Waals surface area contributed by atoms with Crippen molar-refractivity contribution in [3.05, 3.63) is 29.8 Å². The van der Waals surface area contributed by atoms with Gasteiger partial charge in [0.05, 0.1) is 0 Å². The topological polar surface area (TPSA) is 32.3 Å². The lowest BCUT2D eigenvalue weighted by Crippen LogP contribution is -2.37. The summed E-state index contributed by atoms with van der Waals surface area (Å²) in [7, 11) is 3.80. The number of benzene rings is 1. The van der Waals surface area contributed by atoms with Crippen LogP contribution in [0.4, 0.5) is 0 Å². The van der Waals surface area contributed by atoms with Gasteiger partial charge in [-0.3, -0.25) is 4.79 Å². The van der Waals surface area contributed by atoms with E-state index in [1.165, 1.54) is 10.5 Å². The van der Waals surface area contributed by atoms with Crippen molar-refractivity contribution in [3.8, 4) is 0 Å². The molecule has 0 bridgehead atoms. The van der Waals surface area contributed by atoms with Crippen molar-refractivity contribution < 1.29 is 4.79 Å². The Bertz CT molecular complexity index is 425. The number of hydrogen-bond donors (Lipinski definition) is 1. The summed E-state index contributed by atoms with van der Waals surface area (Å²) in [5.74, 6) is 0.165. The third-order valence-electron chi connectivity index (χ3n) is 3.51. The maximum Gasteiger partial charge on any atom is 0.223 e. The standard InChI is InChI=1S/C15H22N2OS/c1-11(15(18)16-2)9-17(3)10-13-8-12-6-4-5-7-14(12)19-13/h4-7,11,13H,8-10H2,1-3H3,(H,16,18). The molecule has 2 atom stereocenters. The molecule has 1 amide bonds. The molecule has 0 saturated carbocycles. The highest BCUT2D eigenvalue weighted by atomic mass is 32.2. The summed E-state index contributed by atoms with van der Waals surface area (Å²) in [6, 6.07) is 8.63. The first-order valence-corrected chi connectivity index (χ1v) is 7.62. The van der Waals surface area contributed by atoms with Crippen LogP contribution < -0.4 is 5.32 Å². The fourth-order valence-corrected chi connectivity index (χ4v) is 3.99. The minimum absolute atomic E-state index is 0.0452. The van der Waals surface area contributed by atoms with Gasteiger partial charge in [-0.2, -0.15) is 0 Å². The first kappa shape index (κ1) is 14.4. The van der Waals surface area contributed by atoms with Crippen LogP contribution in [0.15, 0.2) is 29.2 Å². The number of rotatable bonds is 5. The molecule has 0 spiro atoms. The van der Waals surface area contributed by atoms with Crippen molar-refractivity contribution in [3.63, 3.8) is 0 Å². The molecule has 19 heavy (non-hydrogen) atoms. The number of nitrogens with zero attached hydrogens (tertiary/aromatic N) is 1. The van der Waals surface area contributed by atoms with Crippen LogP contribution in [0, 0.1) is 5.92 Å². The molecule has 0 radical (unpaired) electrons. The van der Waals surface area contributed by atoms with E-state index in [0.717, 1.165) is 19.5 Å². The van der Waals surface area contributed by atoms with Gasteiger partial charge in [0.2, 0.25) is 5.91 Å². The van der Waals surface area contributed by atoms with Crippen molar-refractivity contribution in [2.24, 2.45) is 5.92 Å². The average Bonchev–Trinajstić information content (AvgIpc) is 2.79. The van der Waals surface area contributed by atoms with Gasteiger partial charge >= 0.3 is 0 Å². The van der Waals surface area contributed by atoms with E-state index in [0.29, 0.717) is 5.25 Å². The van der Waals surface area contributed by atoms with Gasteiger partial charge in [-0.25, -0.2) is 0 Å². The van der Waals surface area contributed by atoms with Crippen molar-refractivity contribution in [1.29, 1.82) is 0 Å². The summed E-state index contributed by atoms with van der Waals surface area (Å²) in [6.45, 7) is 3.82. The molecule has 104 valence electrons. The van der Waals surface area contributed by atoms with Crippen LogP contribution in [0.25, 0.3) is 0 Å². The first-order valence-electron chi connectivity index (χ1n) is 6.75. The van der Waals surface area contributed by atoms with E-state index in [-0.39, 0.29) is 11.8 Å². The zero-order valence-electron chi connectivity index (χ0n) is 11.8. The van der Waals surface area contributed by atoms with Crippen molar-refractivity contribution in [2.45, 2.75) is 23.5 Å². The average molecular weight is 278 g/mol. The molecular weight excluding hydrogens is 256 g/mol. The number of thioether (sulfide) groups is 1. The van der Waals surface area contributed by atoms with E-state index in [2.05, 4.69) is 41.5 Å². The van der Waals surface area contributed by atoms with E-state index in [1.54, 1.807) is 7.05 Å². The van der Waals surface area contributed by atoms with Crippen LogP contribution in [0.3, 0.4) is 0 Å². The predicted octanol–water partition coefficient (Wildman–Crippen LogP) is 2.02. The molecule has 0 aliphatic carbocycles. The van der Waals surface area contributed by atoms with E-state index < -0.39 is 0 Å². The minimum Gasteiger partial charge on any atom is -0.359 e. The lowest BCUT2D eigenvalue weighted by molar-refractivity contribution is -0.124. The lowest BCUT2D eigenvalue weighted by Gasteiger charge is -2.23. The van der Waals surface area contributed by atoms with E-state index in [4.69, 9.17) is 0 Å². The highest BCUT2D eigenvalue weighted by molar-refractivity contribution is 8.00. The SMILES string of the molecule is CNC(=O)C(C)CN(C)CC1Cc2ccccc2S1. The van der Waals surface area contributed by atoms with E-state index in [9.17, 15) is 4.79 Å². The molecular formula is C15H22N2OS. The van der Waals surface area contributed by atoms with Crippen LogP contribution in [0.2, 0.25) is 0 Å². The number of amides is 1. The Kier molecular flexibility index (Phi) is 4.88. The summed E-state index contributed by atoms with van der Waals surface area (Å²) >= 11 is 1.96. The number of carbonyl (C=O) groups excluding carboxylic acids is 1. The van der Waals surface area contributed by atoms with Crippen LogP contribution in [0.1, 0.15) is 12.5 Å². The van der Waals surface area contributed by atoms with E-state index >= 15 is 0 Å². The van der Waals surface area contributed by atoms with Gasteiger partial charge in [-0.1, -0.05) is 25.1 Å². The maximum atomic E-state index is 11.5. The third-order valence-corrected chi connectivity index (χ3v) is 4.81. The summed E-state index contributed by atoms with van der Waals surface area (Å²) in [5, 5.41) is 3.32. The van der Waals surface area contributed by atoms with E-state index in [1.807, 2.05) is 18.7 Å². The van der Waals surface area contributed by atoms with Gasteiger partial charge in [0, 0.05) is 36.2 Å². The van der Waals surface area contributed by atoms with Gasteiger partial charge in [0.15, 0.2) is 0 Å². The monoisotopic (exact) mass is 278 g/mol. The molecule has 1 aliphatic heterocycles. The van der Waals surface area contributed by atoms with Crippen LogP contribution in [-0.2, 0) is 11.2 Å². The second-order valence-corrected chi connectivity index (χ2v) is 6.63. The summed E-state index contributed by atoms with van der Waals surface area (Å²) in [4.78, 5) is 15.2.